The summed E-state index contributed by atoms with van der Waals surface area (Å²) in [6.07, 6.45) is 20.7. The summed E-state index contributed by atoms with van der Waals surface area (Å²) in [5, 5.41) is 0. The average molecular weight is 369 g/mol. The molecule has 0 radical (unpaired) electrons. The normalized spacial score (nSPS) is 23.3. The molecule has 0 saturated heterocycles. The summed E-state index contributed by atoms with van der Waals surface area (Å²) in [5.74, 6) is 0. The van der Waals surface area contributed by atoms with E-state index in [1.165, 1.54) is 93.0 Å². The maximum absolute atomic E-state index is 2.66. The second-order valence-electron chi connectivity index (χ2n) is 8.94. The summed E-state index contributed by atoms with van der Waals surface area (Å²) in [6.45, 7) is 9.10. The number of nitrogens with zero attached hydrogens (tertiary/aromatic N) is 2. The van der Waals surface area contributed by atoms with Gasteiger partial charge in [0.05, 0.1) is 0 Å². The Morgan fingerprint density at radius 2 is 1.19 bits per heavy atom. The fraction of sp³-hybridized carbons (Fsp3) is 0.680. The molecule has 1 aliphatic carbocycles. The van der Waals surface area contributed by atoms with Crippen LogP contribution in [0.1, 0.15) is 94.2 Å². The largest absolute Gasteiger partial charge is 0.353 e. The number of hydrogen-bond donors (Lipinski definition) is 0. The Morgan fingerprint density at radius 1 is 0.704 bits per heavy atom. The van der Waals surface area contributed by atoms with E-state index in [1.54, 1.807) is 0 Å². The lowest BCUT2D eigenvalue weighted by Gasteiger charge is -2.37. The van der Waals surface area contributed by atoms with Gasteiger partial charge in [0.15, 0.2) is 0 Å². The molecular formula is C25H40N2. The first-order chi connectivity index (χ1) is 13.1. The molecule has 0 spiro atoms. The molecule has 1 unspecified atom stereocenters. The Kier molecular flexibility index (Phi) is 7.26. The van der Waals surface area contributed by atoms with Gasteiger partial charge < -0.3 is 9.80 Å². The smallest absolute Gasteiger partial charge is 0.103 e. The van der Waals surface area contributed by atoms with Crippen molar-refractivity contribution < 1.29 is 0 Å². The Bertz CT molecular complexity index is 598. The molecule has 2 aliphatic rings. The number of benzene rings is 1. The highest BCUT2D eigenvalue weighted by Gasteiger charge is 2.30. The van der Waals surface area contributed by atoms with Crippen molar-refractivity contribution in [3.05, 3.63) is 41.2 Å². The highest BCUT2D eigenvalue weighted by molar-refractivity contribution is 5.63. The summed E-state index contributed by atoms with van der Waals surface area (Å²) in [6, 6.07) is 5.34. The van der Waals surface area contributed by atoms with Crippen molar-refractivity contribution in [3.63, 3.8) is 0 Å². The summed E-state index contributed by atoms with van der Waals surface area (Å²) in [5.41, 5.74) is 5.55. The van der Waals surface area contributed by atoms with Gasteiger partial charge in [0.25, 0.3) is 0 Å². The fourth-order valence-corrected chi connectivity index (χ4v) is 5.25. The highest BCUT2D eigenvalue weighted by Crippen LogP contribution is 2.34. The van der Waals surface area contributed by atoms with E-state index in [1.807, 2.05) is 0 Å². The number of aryl methyl sites for hydroxylation is 3. The first kappa shape index (κ1) is 20.3. The minimum Gasteiger partial charge on any atom is -0.353 e. The standard InChI is InChI=1S/C25H40N2/c1-20-18-21(2)25(22(3)19-20)27-17-16-26(23(27)4)24-14-12-10-8-6-5-7-9-11-13-15-24/h16-19,23-24H,5-15H2,1-4H3. The van der Waals surface area contributed by atoms with Gasteiger partial charge in [-0.25, -0.2) is 0 Å². The predicted octanol–water partition coefficient (Wildman–Crippen LogP) is 7.22. The van der Waals surface area contributed by atoms with E-state index in [-0.39, 0.29) is 0 Å². The summed E-state index contributed by atoms with van der Waals surface area (Å²) < 4.78 is 0. The van der Waals surface area contributed by atoms with Gasteiger partial charge >= 0.3 is 0 Å². The summed E-state index contributed by atoms with van der Waals surface area (Å²) in [4.78, 5) is 5.16. The maximum Gasteiger partial charge on any atom is 0.103 e. The van der Waals surface area contributed by atoms with Gasteiger partial charge in [-0.1, -0.05) is 75.5 Å². The van der Waals surface area contributed by atoms with E-state index >= 15 is 0 Å². The zero-order valence-corrected chi connectivity index (χ0v) is 18.1. The van der Waals surface area contributed by atoms with Gasteiger partial charge in [-0.05, 0) is 51.7 Å². The van der Waals surface area contributed by atoms with E-state index < -0.39 is 0 Å². The predicted molar refractivity (Wildman–Crippen MR) is 118 cm³/mol. The lowest BCUT2D eigenvalue weighted by atomic mass is 9.97. The molecule has 150 valence electrons. The molecule has 1 fully saturated rings. The monoisotopic (exact) mass is 368 g/mol. The van der Waals surface area contributed by atoms with Crippen LogP contribution in [0.5, 0.6) is 0 Å². The molecular weight excluding hydrogens is 328 g/mol. The van der Waals surface area contributed by atoms with Gasteiger partial charge in [0.1, 0.15) is 6.17 Å². The number of anilines is 1. The van der Waals surface area contributed by atoms with Crippen LogP contribution in [0, 0.1) is 20.8 Å². The third kappa shape index (κ3) is 5.09. The molecule has 2 heteroatoms. The zero-order valence-electron chi connectivity index (χ0n) is 18.1. The summed E-state index contributed by atoms with van der Waals surface area (Å²) in [7, 11) is 0. The molecule has 0 aromatic heterocycles. The molecule has 0 N–H and O–H groups in total. The van der Waals surface area contributed by atoms with Gasteiger partial charge in [0, 0.05) is 24.1 Å². The van der Waals surface area contributed by atoms with Crippen LogP contribution in [-0.2, 0) is 0 Å². The van der Waals surface area contributed by atoms with Crippen LogP contribution in [0.4, 0.5) is 5.69 Å². The zero-order chi connectivity index (χ0) is 19.2. The second kappa shape index (κ2) is 9.66. The lowest BCUT2D eigenvalue weighted by Crippen LogP contribution is -2.42. The quantitative estimate of drug-likeness (QED) is 0.543. The van der Waals surface area contributed by atoms with Crippen molar-refractivity contribution >= 4 is 5.69 Å². The molecule has 1 aromatic carbocycles. The Morgan fingerprint density at radius 3 is 1.70 bits per heavy atom. The Balaban J connectivity index is 1.70. The SMILES string of the molecule is Cc1cc(C)c(N2C=CN(C3CCCCCCCCCCC3)C2C)c(C)c1. The number of hydrogen-bond acceptors (Lipinski definition) is 2. The molecule has 2 nitrogen and oxygen atoms in total. The second-order valence-corrected chi connectivity index (χ2v) is 8.94. The minimum absolute atomic E-state index is 0.419. The van der Waals surface area contributed by atoms with Gasteiger partial charge in [-0.3, -0.25) is 0 Å². The Hall–Kier alpha value is -1.44. The molecule has 0 amide bonds. The first-order valence-electron chi connectivity index (χ1n) is 11.4. The van der Waals surface area contributed by atoms with Crippen molar-refractivity contribution in [3.8, 4) is 0 Å². The van der Waals surface area contributed by atoms with Crippen molar-refractivity contribution in [2.24, 2.45) is 0 Å². The van der Waals surface area contributed by atoms with E-state index in [2.05, 4.69) is 62.0 Å². The van der Waals surface area contributed by atoms with Crippen LogP contribution in [0.25, 0.3) is 0 Å². The van der Waals surface area contributed by atoms with Gasteiger partial charge in [-0.15, -0.1) is 0 Å². The first-order valence-corrected chi connectivity index (χ1v) is 11.4. The highest BCUT2D eigenvalue weighted by atomic mass is 15.4. The van der Waals surface area contributed by atoms with Crippen LogP contribution in [0.2, 0.25) is 0 Å². The molecule has 0 bridgehead atoms. The number of rotatable bonds is 2. The van der Waals surface area contributed by atoms with E-state index in [0.29, 0.717) is 12.2 Å². The van der Waals surface area contributed by atoms with Crippen LogP contribution in [-0.4, -0.2) is 17.1 Å². The van der Waals surface area contributed by atoms with E-state index in [4.69, 9.17) is 0 Å². The van der Waals surface area contributed by atoms with Crippen molar-refractivity contribution in [1.82, 2.24) is 4.90 Å². The van der Waals surface area contributed by atoms with Crippen LogP contribution in [0.3, 0.4) is 0 Å². The van der Waals surface area contributed by atoms with E-state index in [0.717, 1.165) is 0 Å². The van der Waals surface area contributed by atoms with E-state index in [9.17, 15) is 0 Å². The van der Waals surface area contributed by atoms with Crippen LogP contribution < -0.4 is 4.90 Å². The van der Waals surface area contributed by atoms with Crippen LogP contribution >= 0.6 is 0 Å². The van der Waals surface area contributed by atoms with Gasteiger partial charge in [0.2, 0.25) is 0 Å². The maximum atomic E-state index is 2.66. The van der Waals surface area contributed by atoms with Gasteiger partial charge in [-0.2, -0.15) is 0 Å². The summed E-state index contributed by atoms with van der Waals surface area (Å²) >= 11 is 0. The molecule has 1 atom stereocenters. The molecule has 3 rings (SSSR count). The third-order valence-electron chi connectivity index (χ3n) is 6.62. The molecule has 1 saturated carbocycles. The third-order valence-corrected chi connectivity index (χ3v) is 6.62. The fourth-order valence-electron chi connectivity index (χ4n) is 5.25. The lowest BCUT2D eigenvalue weighted by molar-refractivity contribution is 0.203. The molecule has 1 heterocycles. The topological polar surface area (TPSA) is 6.48 Å². The molecule has 27 heavy (non-hydrogen) atoms. The van der Waals surface area contributed by atoms with Crippen molar-refractivity contribution in [2.75, 3.05) is 4.90 Å². The minimum atomic E-state index is 0.419. The van der Waals surface area contributed by atoms with Crippen LogP contribution in [0.15, 0.2) is 24.5 Å². The van der Waals surface area contributed by atoms with Crippen molar-refractivity contribution in [2.45, 2.75) is 111 Å². The molecule has 1 aromatic rings. The average Bonchev–Trinajstić information content (AvgIpc) is 2.96. The Labute approximate surface area is 167 Å². The van der Waals surface area contributed by atoms with Crippen molar-refractivity contribution in [1.29, 1.82) is 0 Å². The molecule has 1 aliphatic heterocycles.